The first-order valence-corrected chi connectivity index (χ1v) is 6.83. The number of hydrogen-bond donors (Lipinski definition) is 2. The second-order valence-electron chi connectivity index (χ2n) is 4.94. The van der Waals surface area contributed by atoms with Gasteiger partial charge in [-0.25, -0.2) is 0 Å². The molecule has 2 rings (SSSR count). The van der Waals surface area contributed by atoms with Crippen molar-refractivity contribution in [2.24, 2.45) is 5.92 Å². The van der Waals surface area contributed by atoms with Gasteiger partial charge in [0.25, 0.3) is 5.91 Å². The zero-order chi connectivity index (χ0) is 12.8. The van der Waals surface area contributed by atoms with Crippen molar-refractivity contribution >= 4 is 5.91 Å². The average Bonchev–Trinajstić information content (AvgIpc) is 3.04. The van der Waals surface area contributed by atoms with E-state index in [1.807, 2.05) is 12.1 Å². The monoisotopic (exact) mass is 250 g/mol. The number of aryl methyl sites for hydroxylation is 1. The second-order valence-corrected chi connectivity index (χ2v) is 4.94. The van der Waals surface area contributed by atoms with E-state index in [1.54, 1.807) is 0 Å². The van der Waals surface area contributed by atoms with Crippen molar-refractivity contribution in [2.75, 3.05) is 19.8 Å². The highest BCUT2D eigenvalue weighted by Gasteiger charge is 2.17. The van der Waals surface area contributed by atoms with Crippen LogP contribution < -0.4 is 5.32 Å². The summed E-state index contributed by atoms with van der Waals surface area (Å²) in [4.78, 5) is 15.1. The van der Waals surface area contributed by atoms with Crippen LogP contribution in [0.15, 0.2) is 12.1 Å². The number of hydrogen-bond acceptors (Lipinski definition) is 2. The molecule has 1 unspecified atom stereocenters. The highest BCUT2D eigenvalue weighted by Crippen LogP contribution is 2.11. The molecule has 0 aliphatic carbocycles. The largest absolute Gasteiger partial charge is 0.381 e. The average molecular weight is 250 g/mol. The lowest BCUT2D eigenvalue weighted by Crippen LogP contribution is -2.29. The molecule has 0 saturated carbocycles. The maximum atomic E-state index is 11.9. The maximum Gasteiger partial charge on any atom is 0.267 e. The summed E-state index contributed by atoms with van der Waals surface area (Å²) < 4.78 is 5.28. The third-order valence-electron chi connectivity index (χ3n) is 3.37. The van der Waals surface area contributed by atoms with Gasteiger partial charge in [-0.3, -0.25) is 4.79 Å². The zero-order valence-electron chi connectivity index (χ0n) is 11.0. The van der Waals surface area contributed by atoms with Crippen LogP contribution in [0.3, 0.4) is 0 Å². The van der Waals surface area contributed by atoms with E-state index >= 15 is 0 Å². The normalized spacial score (nSPS) is 19.1. The molecule has 1 atom stereocenters. The number of carbonyl (C=O) groups excluding carboxylic acids is 1. The molecular formula is C14H22N2O2. The zero-order valence-corrected chi connectivity index (χ0v) is 11.0. The van der Waals surface area contributed by atoms with E-state index in [9.17, 15) is 4.79 Å². The second kappa shape index (κ2) is 6.59. The van der Waals surface area contributed by atoms with E-state index < -0.39 is 0 Å². The molecule has 18 heavy (non-hydrogen) atoms. The lowest BCUT2D eigenvalue weighted by Gasteiger charge is -2.08. The Morgan fingerprint density at radius 3 is 3.17 bits per heavy atom. The van der Waals surface area contributed by atoms with Crippen molar-refractivity contribution in [1.82, 2.24) is 10.3 Å². The lowest BCUT2D eigenvalue weighted by molar-refractivity contribution is 0.0940. The summed E-state index contributed by atoms with van der Waals surface area (Å²) >= 11 is 0. The Morgan fingerprint density at radius 1 is 1.56 bits per heavy atom. The number of aromatic amines is 1. The van der Waals surface area contributed by atoms with Crippen LogP contribution in [0.25, 0.3) is 0 Å². The first kappa shape index (κ1) is 13.1. The van der Waals surface area contributed by atoms with E-state index in [2.05, 4.69) is 17.2 Å². The van der Waals surface area contributed by atoms with E-state index in [-0.39, 0.29) is 5.91 Å². The summed E-state index contributed by atoms with van der Waals surface area (Å²) in [6.45, 7) is 4.47. The number of H-pyrrole nitrogens is 1. The first-order chi connectivity index (χ1) is 8.79. The molecule has 1 amide bonds. The fourth-order valence-corrected chi connectivity index (χ4v) is 2.16. The Kier molecular flexibility index (Phi) is 4.81. The molecule has 1 aromatic heterocycles. The summed E-state index contributed by atoms with van der Waals surface area (Å²) in [6, 6.07) is 3.87. The topological polar surface area (TPSA) is 54.1 Å². The van der Waals surface area contributed by atoms with Gasteiger partial charge in [0.1, 0.15) is 5.69 Å². The number of ether oxygens (including phenoxy) is 1. The van der Waals surface area contributed by atoms with Crippen molar-refractivity contribution in [2.45, 2.75) is 32.6 Å². The number of amides is 1. The van der Waals surface area contributed by atoms with Gasteiger partial charge >= 0.3 is 0 Å². The van der Waals surface area contributed by atoms with Crippen LogP contribution in [0.1, 0.15) is 42.4 Å². The van der Waals surface area contributed by atoms with Gasteiger partial charge in [-0.15, -0.1) is 0 Å². The van der Waals surface area contributed by atoms with Crippen molar-refractivity contribution in [3.63, 3.8) is 0 Å². The van der Waals surface area contributed by atoms with E-state index in [1.165, 1.54) is 6.42 Å². The van der Waals surface area contributed by atoms with Gasteiger partial charge in [0.05, 0.1) is 6.61 Å². The molecule has 0 radical (unpaired) electrons. The molecule has 1 saturated heterocycles. The van der Waals surface area contributed by atoms with Crippen LogP contribution in [0, 0.1) is 5.92 Å². The number of nitrogens with one attached hydrogen (secondary N) is 2. The van der Waals surface area contributed by atoms with Crippen LogP contribution in [-0.4, -0.2) is 30.6 Å². The fourth-order valence-electron chi connectivity index (χ4n) is 2.16. The highest BCUT2D eigenvalue weighted by atomic mass is 16.5. The van der Waals surface area contributed by atoms with Gasteiger partial charge in [-0.1, -0.05) is 13.3 Å². The molecule has 2 N–H and O–H groups in total. The van der Waals surface area contributed by atoms with E-state index in [4.69, 9.17) is 4.74 Å². The summed E-state index contributed by atoms with van der Waals surface area (Å²) in [6.07, 6.45) is 4.39. The van der Waals surface area contributed by atoms with Crippen molar-refractivity contribution in [3.05, 3.63) is 23.5 Å². The van der Waals surface area contributed by atoms with Gasteiger partial charge in [-0.05, 0) is 31.4 Å². The van der Waals surface area contributed by atoms with Gasteiger partial charge in [-0.2, -0.15) is 0 Å². The van der Waals surface area contributed by atoms with Crippen molar-refractivity contribution < 1.29 is 9.53 Å². The molecule has 100 valence electrons. The number of carbonyl (C=O) groups is 1. The molecule has 0 spiro atoms. The summed E-state index contributed by atoms with van der Waals surface area (Å²) in [7, 11) is 0. The quantitative estimate of drug-likeness (QED) is 0.812. The van der Waals surface area contributed by atoms with E-state index in [0.717, 1.165) is 38.2 Å². The van der Waals surface area contributed by atoms with Crippen molar-refractivity contribution in [1.29, 1.82) is 0 Å². The Morgan fingerprint density at radius 2 is 2.44 bits per heavy atom. The molecule has 0 bridgehead atoms. The highest BCUT2D eigenvalue weighted by molar-refractivity contribution is 5.92. The van der Waals surface area contributed by atoms with Gasteiger partial charge in [0.15, 0.2) is 0 Å². The minimum absolute atomic E-state index is 0.00958. The lowest BCUT2D eigenvalue weighted by atomic mass is 10.1. The molecule has 2 heterocycles. The molecule has 4 nitrogen and oxygen atoms in total. The van der Waals surface area contributed by atoms with Crippen molar-refractivity contribution in [3.8, 4) is 0 Å². The standard InChI is InChI=1S/C14H22N2O2/c1-2-3-4-12-5-6-13(16-12)14(17)15-9-11-7-8-18-10-11/h5-6,11,16H,2-4,7-10H2,1H3,(H,15,17). The number of aromatic nitrogens is 1. The van der Waals surface area contributed by atoms with Gasteiger partial charge in [0.2, 0.25) is 0 Å². The minimum Gasteiger partial charge on any atom is -0.381 e. The maximum absolute atomic E-state index is 11.9. The van der Waals surface area contributed by atoms with Crippen LogP contribution in [0.5, 0.6) is 0 Å². The third-order valence-corrected chi connectivity index (χ3v) is 3.37. The third kappa shape index (κ3) is 3.60. The molecular weight excluding hydrogens is 228 g/mol. The summed E-state index contributed by atoms with van der Waals surface area (Å²) in [5, 5.41) is 2.96. The first-order valence-electron chi connectivity index (χ1n) is 6.83. The Labute approximate surface area is 108 Å². The molecule has 1 fully saturated rings. The molecule has 4 heteroatoms. The number of rotatable bonds is 6. The van der Waals surface area contributed by atoms with Gasteiger partial charge in [0, 0.05) is 24.8 Å². The Balaban J connectivity index is 1.78. The molecule has 1 aliphatic rings. The summed E-state index contributed by atoms with van der Waals surface area (Å²) in [5.41, 5.74) is 1.81. The Bertz CT molecular complexity index is 381. The fraction of sp³-hybridized carbons (Fsp3) is 0.643. The van der Waals surface area contributed by atoms with Gasteiger partial charge < -0.3 is 15.0 Å². The number of unbranched alkanes of at least 4 members (excludes halogenated alkanes) is 1. The molecule has 1 aliphatic heterocycles. The van der Waals surface area contributed by atoms with E-state index in [0.29, 0.717) is 18.2 Å². The van der Waals surface area contributed by atoms with Crippen LogP contribution in [-0.2, 0) is 11.2 Å². The van der Waals surface area contributed by atoms with Crippen LogP contribution in [0.4, 0.5) is 0 Å². The summed E-state index contributed by atoms with van der Waals surface area (Å²) in [5.74, 6) is 0.466. The minimum atomic E-state index is -0.00958. The smallest absolute Gasteiger partial charge is 0.267 e. The molecule has 0 aromatic carbocycles. The Hall–Kier alpha value is -1.29. The SMILES string of the molecule is CCCCc1ccc(C(=O)NCC2CCOC2)[nH]1. The van der Waals surface area contributed by atoms with Crippen LogP contribution >= 0.6 is 0 Å². The predicted octanol–water partition coefficient (Wildman–Crippen LogP) is 2.12. The van der Waals surface area contributed by atoms with Crippen LogP contribution in [0.2, 0.25) is 0 Å². The molecule has 1 aromatic rings. The predicted molar refractivity (Wildman–Crippen MR) is 70.7 cm³/mol.